The Kier molecular flexibility index (Phi) is 4.79. The Morgan fingerprint density at radius 3 is 3.04 bits per heavy atom. The van der Waals surface area contributed by atoms with Crippen LogP contribution in [0.25, 0.3) is 0 Å². The summed E-state index contributed by atoms with van der Waals surface area (Å²) in [7, 11) is 0. The number of carbonyl (C=O) groups excluding carboxylic acids is 1. The van der Waals surface area contributed by atoms with Crippen molar-refractivity contribution < 1.29 is 4.79 Å². The van der Waals surface area contributed by atoms with E-state index in [2.05, 4.69) is 23.4 Å². The van der Waals surface area contributed by atoms with Crippen LogP contribution in [0.2, 0.25) is 0 Å². The standard InChI is InChI=1S/C19H24N4OS/c1-13-6-2-4-8-15(13)21-18(24)12-25-19-22-16-9-5-3-7-14(16)17-10-11-20-23(17)19/h3,5,7,9,11,13,15,17H,2,4,6,8,10,12H2,1H3,(H,21,24)/t13-,15-,17+/m1/s1. The smallest absolute Gasteiger partial charge is 0.230 e. The summed E-state index contributed by atoms with van der Waals surface area (Å²) in [6.07, 6.45) is 7.65. The van der Waals surface area contributed by atoms with Crippen molar-refractivity contribution in [1.82, 2.24) is 10.3 Å². The number of amides is 1. The lowest BCUT2D eigenvalue weighted by atomic mass is 9.86. The zero-order valence-electron chi connectivity index (χ0n) is 14.5. The number of hydrogen-bond donors (Lipinski definition) is 1. The summed E-state index contributed by atoms with van der Waals surface area (Å²) in [5.41, 5.74) is 2.21. The van der Waals surface area contributed by atoms with Crippen molar-refractivity contribution in [2.24, 2.45) is 16.0 Å². The Hall–Kier alpha value is -1.82. The summed E-state index contributed by atoms with van der Waals surface area (Å²) in [5.74, 6) is 1.07. The van der Waals surface area contributed by atoms with Crippen LogP contribution in [0.3, 0.4) is 0 Å². The van der Waals surface area contributed by atoms with Crippen molar-refractivity contribution in [3.05, 3.63) is 29.8 Å². The fraction of sp³-hybridized carbons (Fsp3) is 0.526. The van der Waals surface area contributed by atoms with E-state index in [1.54, 1.807) is 0 Å². The molecular formula is C19H24N4OS. The van der Waals surface area contributed by atoms with Crippen molar-refractivity contribution >= 4 is 34.7 Å². The number of benzene rings is 1. The molecule has 0 bridgehead atoms. The molecule has 1 fully saturated rings. The molecule has 6 heteroatoms. The third-order valence-electron chi connectivity index (χ3n) is 5.33. The first-order valence-corrected chi connectivity index (χ1v) is 10.1. The van der Waals surface area contributed by atoms with Crippen LogP contribution in [0.4, 0.5) is 5.69 Å². The fourth-order valence-corrected chi connectivity index (χ4v) is 4.70. The maximum atomic E-state index is 12.4. The van der Waals surface area contributed by atoms with E-state index in [9.17, 15) is 4.79 Å². The summed E-state index contributed by atoms with van der Waals surface area (Å²) in [6, 6.07) is 8.75. The molecule has 0 radical (unpaired) electrons. The number of thioether (sulfide) groups is 1. The minimum atomic E-state index is 0.102. The second-order valence-corrected chi connectivity index (χ2v) is 8.01. The average molecular weight is 356 g/mol. The van der Waals surface area contributed by atoms with Gasteiger partial charge in [0.15, 0.2) is 5.17 Å². The van der Waals surface area contributed by atoms with Gasteiger partial charge >= 0.3 is 0 Å². The van der Waals surface area contributed by atoms with Gasteiger partial charge in [0.2, 0.25) is 5.91 Å². The van der Waals surface area contributed by atoms with Gasteiger partial charge in [-0.05, 0) is 24.8 Å². The van der Waals surface area contributed by atoms with E-state index in [-0.39, 0.29) is 11.9 Å². The van der Waals surface area contributed by atoms with Crippen LogP contribution >= 0.6 is 11.8 Å². The van der Waals surface area contributed by atoms with Gasteiger partial charge in [-0.1, -0.05) is 49.7 Å². The summed E-state index contributed by atoms with van der Waals surface area (Å²) < 4.78 is 0. The molecule has 0 unspecified atom stereocenters. The molecule has 4 rings (SSSR count). The number of fused-ring (bicyclic) bond motifs is 3. The van der Waals surface area contributed by atoms with Crippen molar-refractivity contribution in [3.63, 3.8) is 0 Å². The molecule has 2 aliphatic heterocycles. The van der Waals surface area contributed by atoms with Gasteiger partial charge in [-0.2, -0.15) is 5.10 Å². The van der Waals surface area contributed by atoms with E-state index in [0.717, 1.165) is 23.7 Å². The first kappa shape index (κ1) is 16.6. The molecule has 3 aliphatic rings. The Morgan fingerprint density at radius 1 is 1.32 bits per heavy atom. The first-order valence-electron chi connectivity index (χ1n) is 9.14. The van der Waals surface area contributed by atoms with E-state index in [0.29, 0.717) is 17.7 Å². The Morgan fingerprint density at radius 2 is 2.16 bits per heavy atom. The van der Waals surface area contributed by atoms with E-state index in [1.807, 2.05) is 29.4 Å². The summed E-state index contributed by atoms with van der Waals surface area (Å²) in [5, 5.41) is 10.5. The number of hydrazone groups is 1. The third kappa shape index (κ3) is 3.45. The molecule has 0 aromatic heterocycles. The van der Waals surface area contributed by atoms with Gasteiger partial charge in [-0.15, -0.1) is 0 Å². The van der Waals surface area contributed by atoms with Gasteiger partial charge in [0.05, 0.1) is 17.5 Å². The molecule has 1 aromatic carbocycles. The van der Waals surface area contributed by atoms with Crippen LogP contribution < -0.4 is 5.32 Å². The molecule has 1 N–H and O–H groups in total. The maximum Gasteiger partial charge on any atom is 0.230 e. The normalized spacial score (nSPS) is 27.5. The molecule has 5 nitrogen and oxygen atoms in total. The predicted octanol–water partition coefficient (Wildman–Crippen LogP) is 3.85. The van der Waals surface area contributed by atoms with Gasteiger partial charge in [0, 0.05) is 24.2 Å². The molecule has 1 aromatic rings. The summed E-state index contributed by atoms with van der Waals surface area (Å²) in [6.45, 7) is 2.24. The SMILES string of the molecule is C[C@@H]1CCCC[C@H]1NC(=O)CSC1=Nc2ccccc2[C@@H]2CC=NN12. The van der Waals surface area contributed by atoms with Crippen molar-refractivity contribution in [1.29, 1.82) is 0 Å². The molecule has 3 atom stereocenters. The Bertz CT molecular complexity index is 717. The molecule has 0 saturated heterocycles. The van der Waals surface area contributed by atoms with Crippen molar-refractivity contribution in [2.75, 3.05) is 5.75 Å². The van der Waals surface area contributed by atoms with Crippen molar-refractivity contribution in [2.45, 2.75) is 51.1 Å². The number of rotatable bonds is 3. The van der Waals surface area contributed by atoms with Crippen LogP contribution in [-0.4, -0.2) is 34.1 Å². The van der Waals surface area contributed by atoms with Crippen LogP contribution in [0, 0.1) is 5.92 Å². The molecule has 1 saturated carbocycles. The monoisotopic (exact) mass is 356 g/mol. The highest BCUT2D eigenvalue weighted by molar-refractivity contribution is 8.14. The van der Waals surface area contributed by atoms with Crippen LogP contribution in [0.5, 0.6) is 0 Å². The topological polar surface area (TPSA) is 57.1 Å². The minimum absolute atomic E-state index is 0.102. The van der Waals surface area contributed by atoms with Crippen LogP contribution in [0.1, 0.15) is 50.6 Å². The van der Waals surface area contributed by atoms with Crippen LogP contribution in [-0.2, 0) is 4.79 Å². The second-order valence-electron chi connectivity index (χ2n) is 7.07. The minimum Gasteiger partial charge on any atom is -0.352 e. The zero-order chi connectivity index (χ0) is 17.2. The molecule has 1 aliphatic carbocycles. The number of carbonyl (C=O) groups is 1. The molecule has 0 spiro atoms. The molecule has 132 valence electrons. The lowest BCUT2D eigenvalue weighted by molar-refractivity contribution is -0.119. The highest BCUT2D eigenvalue weighted by Crippen LogP contribution is 2.40. The van der Waals surface area contributed by atoms with E-state index in [4.69, 9.17) is 4.99 Å². The van der Waals surface area contributed by atoms with E-state index in [1.165, 1.54) is 36.6 Å². The highest BCUT2D eigenvalue weighted by atomic mass is 32.2. The van der Waals surface area contributed by atoms with Crippen molar-refractivity contribution in [3.8, 4) is 0 Å². The quantitative estimate of drug-likeness (QED) is 0.895. The molecule has 2 heterocycles. The molecule has 25 heavy (non-hydrogen) atoms. The lowest BCUT2D eigenvalue weighted by Gasteiger charge is -2.31. The number of aliphatic imine (C=N–C) groups is 1. The fourth-order valence-electron chi connectivity index (χ4n) is 3.89. The predicted molar refractivity (Wildman–Crippen MR) is 103 cm³/mol. The van der Waals surface area contributed by atoms with E-state index < -0.39 is 0 Å². The van der Waals surface area contributed by atoms with Gasteiger partial charge in [0.25, 0.3) is 0 Å². The van der Waals surface area contributed by atoms with E-state index >= 15 is 0 Å². The Balaban J connectivity index is 1.41. The average Bonchev–Trinajstić information content (AvgIpc) is 3.12. The number of hydrogen-bond acceptors (Lipinski definition) is 5. The largest absolute Gasteiger partial charge is 0.352 e. The van der Waals surface area contributed by atoms with Crippen LogP contribution in [0.15, 0.2) is 34.4 Å². The third-order valence-corrected chi connectivity index (χ3v) is 6.27. The lowest BCUT2D eigenvalue weighted by Crippen LogP contribution is -2.42. The Labute approximate surface area is 153 Å². The second kappa shape index (κ2) is 7.20. The van der Waals surface area contributed by atoms with Gasteiger partial charge in [-0.3, -0.25) is 4.79 Å². The number of nitrogens with zero attached hydrogens (tertiary/aromatic N) is 3. The number of para-hydroxylation sites is 1. The highest BCUT2D eigenvalue weighted by Gasteiger charge is 2.33. The summed E-state index contributed by atoms with van der Waals surface area (Å²) >= 11 is 1.49. The van der Waals surface area contributed by atoms with Gasteiger partial charge in [0.1, 0.15) is 0 Å². The first-order chi connectivity index (χ1) is 12.2. The maximum absolute atomic E-state index is 12.4. The summed E-state index contributed by atoms with van der Waals surface area (Å²) in [4.78, 5) is 17.1. The number of amidine groups is 1. The zero-order valence-corrected chi connectivity index (χ0v) is 15.3. The van der Waals surface area contributed by atoms with Gasteiger partial charge < -0.3 is 5.32 Å². The number of nitrogens with one attached hydrogen (secondary N) is 1. The van der Waals surface area contributed by atoms with Gasteiger partial charge in [-0.25, -0.2) is 10.0 Å². The molecule has 1 amide bonds. The molecular weight excluding hydrogens is 332 g/mol.